The van der Waals surface area contributed by atoms with Gasteiger partial charge in [-0.15, -0.1) is 13.2 Å². The summed E-state index contributed by atoms with van der Waals surface area (Å²) in [5.74, 6) is 0.0593. The Morgan fingerprint density at radius 1 is 1.05 bits per heavy atom. The number of rotatable bonds is 6. The molecule has 3 aromatic carbocycles. The first-order valence-electron chi connectivity index (χ1n) is 12.0. The third-order valence-electron chi connectivity index (χ3n) is 5.98. The molecular weight excluding hydrogens is 525 g/mol. The summed E-state index contributed by atoms with van der Waals surface area (Å²) in [5, 5.41) is 9.49. The standard InChI is InChI=1S/C28H23F3N6OS/c1-17(2)22-5-3-4-6-24(22)35-27(39)36-34-14-19-13-18-7-12-25-26(23(18)15-32-19)33-16-37(25)20-8-10-21(11-9-20)38-28(29,30)31/h3-17H,1-2H3,(H2,35,36,39). The number of alkyl halides is 3. The Kier molecular flexibility index (Phi) is 7.16. The van der Waals surface area contributed by atoms with Crippen LogP contribution in [0.1, 0.15) is 31.0 Å². The summed E-state index contributed by atoms with van der Waals surface area (Å²) in [5.41, 5.74) is 7.68. The van der Waals surface area contributed by atoms with Crippen LogP contribution in [0, 0.1) is 0 Å². The van der Waals surface area contributed by atoms with Crippen molar-refractivity contribution in [3.8, 4) is 11.4 Å². The van der Waals surface area contributed by atoms with Crippen LogP contribution in [0.4, 0.5) is 18.9 Å². The van der Waals surface area contributed by atoms with Gasteiger partial charge in [0.25, 0.3) is 0 Å². The summed E-state index contributed by atoms with van der Waals surface area (Å²) >= 11 is 5.38. The lowest BCUT2D eigenvalue weighted by Gasteiger charge is -2.14. The van der Waals surface area contributed by atoms with Gasteiger partial charge >= 0.3 is 6.36 Å². The molecule has 2 aromatic heterocycles. The third kappa shape index (κ3) is 5.99. The molecule has 39 heavy (non-hydrogen) atoms. The number of imidazole rings is 1. The fourth-order valence-corrected chi connectivity index (χ4v) is 4.39. The molecule has 198 valence electrons. The Balaban J connectivity index is 1.31. The summed E-state index contributed by atoms with van der Waals surface area (Å²) in [6, 6.07) is 19.3. The van der Waals surface area contributed by atoms with Crippen LogP contribution in [0.2, 0.25) is 0 Å². The molecule has 0 fully saturated rings. The largest absolute Gasteiger partial charge is 0.573 e. The average molecular weight is 549 g/mol. The van der Waals surface area contributed by atoms with E-state index in [0.717, 1.165) is 27.5 Å². The number of para-hydroxylation sites is 1. The third-order valence-corrected chi connectivity index (χ3v) is 6.17. The van der Waals surface area contributed by atoms with Crippen LogP contribution < -0.4 is 15.5 Å². The highest BCUT2D eigenvalue weighted by Crippen LogP contribution is 2.28. The van der Waals surface area contributed by atoms with Gasteiger partial charge in [0.15, 0.2) is 5.11 Å². The second kappa shape index (κ2) is 10.7. The Morgan fingerprint density at radius 3 is 2.56 bits per heavy atom. The number of hydrogen-bond donors (Lipinski definition) is 2. The molecule has 0 radical (unpaired) electrons. The lowest BCUT2D eigenvalue weighted by atomic mass is 10.0. The zero-order chi connectivity index (χ0) is 27.6. The zero-order valence-corrected chi connectivity index (χ0v) is 21.7. The number of fused-ring (bicyclic) bond motifs is 3. The maximum atomic E-state index is 12.5. The number of nitrogens with one attached hydrogen (secondary N) is 2. The van der Waals surface area contributed by atoms with Gasteiger partial charge in [0, 0.05) is 23.0 Å². The summed E-state index contributed by atoms with van der Waals surface area (Å²) in [6.07, 6.45) is 0.173. The van der Waals surface area contributed by atoms with Gasteiger partial charge in [0.2, 0.25) is 0 Å². The van der Waals surface area contributed by atoms with Gasteiger partial charge in [-0.3, -0.25) is 15.0 Å². The van der Waals surface area contributed by atoms with Gasteiger partial charge < -0.3 is 10.1 Å². The van der Waals surface area contributed by atoms with E-state index in [9.17, 15) is 13.2 Å². The Bertz CT molecular complexity index is 1680. The van der Waals surface area contributed by atoms with Crippen molar-refractivity contribution in [2.24, 2.45) is 5.10 Å². The lowest BCUT2D eigenvalue weighted by molar-refractivity contribution is -0.274. The number of hydrogen-bond acceptors (Lipinski definition) is 5. The van der Waals surface area contributed by atoms with E-state index >= 15 is 0 Å². The van der Waals surface area contributed by atoms with E-state index in [0.29, 0.717) is 27.9 Å². The molecular formula is C28H23F3N6OS. The number of anilines is 1. The number of nitrogens with zero attached hydrogens (tertiary/aromatic N) is 4. The van der Waals surface area contributed by atoms with Crippen LogP contribution in [0.3, 0.4) is 0 Å². The van der Waals surface area contributed by atoms with Gasteiger partial charge in [0.1, 0.15) is 12.1 Å². The predicted octanol–water partition coefficient (Wildman–Crippen LogP) is 6.92. The van der Waals surface area contributed by atoms with Gasteiger partial charge in [-0.1, -0.05) is 38.1 Å². The molecule has 11 heteroatoms. The maximum Gasteiger partial charge on any atom is 0.573 e. The minimum Gasteiger partial charge on any atom is -0.406 e. The second-order valence-corrected chi connectivity index (χ2v) is 9.39. The molecule has 0 spiro atoms. The topological polar surface area (TPSA) is 76.4 Å². The van der Waals surface area contributed by atoms with Crippen LogP contribution in [-0.4, -0.2) is 32.2 Å². The first-order chi connectivity index (χ1) is 18.7. The average Bonchev–Trinajstić information content (AvgIpc) is 3.33. The van der Waals surface area contributed by atoms with E-state index in [-0.39, 0.29) is 5.75 Å². The van der Waals surface area contributed by atoms with Crippen LogP contribution in [0.15, 0.2) is 84.4 Å². The quantitative estimate of drug-likeness (QED) is 0.136. The molecule has 2 N–H and O–H groups in total. The van der Waals surface area contributed by atoms with Crippen molar-refractivity contribution in [3.63, 3.8) is 0 Å². The fourth-order valence-electron chi connectivity index (χ4n) is 4.22. The minimum absolute atomic E-state index is 0.286. The summed E-state index contributed by atoms with van der Waals surface area (Å²) in [7, 11) is 0. The van der Waals surface area contributed by atoms with Crippen molar-refractivity contribution >= 4 is 51.0 Å². The predicted molar refractivity (Wildman–Crippen MR) is 151 cm³/mol. The highest BCUT2D eigenvalue weighted by molar-refractivity contribution is 7.80. The Labute approximate surface area is 227 Å². The smallest absolute Gasteiger partial charge is 0.406 e. The van der Waals surface area contributed by atoms with Crippen molar-refractivity contribution in [1.29, 1.82) is 0 Å². The van der Waals surface area contributed by atoms with E-state index in [4.69, 9.17) is 12.2 Å². The molecule has 0 bridgehead atoms. The molecule has 0 saturated carbocycles. The van der Waals surface area contributed by atoms with Gasteiger partial charge in [-0.05, 0) is 71.6 Å². The van der Waals surface area contributed by atoms with Gasteiger partial charge in [0.05, 0.1) is 22.9 Å². The number of thiocarbonyl (C=S) groups is 1. The van der Waals surface area contributed by atoms with Gasteiger partial charge in [-0.2, -0.15) is 5.10 Å². The number of halogens is 3. The highest BCUT2D eigenvalue weighted by Gasteiger charge is 2.31. The SMILES string of the molecule is CC(C)c1ccccc1NC(=S)NN=Cc1cc2ccc3c(ncn3-c3ccc(OC(F)(F)F)cc3)c2cn1. The summed E-state index contributed by atoms with van der Waals surface area (Å²) in [4.78, 5) is 9.00. The summed E-state index contributed by atoms with van der Waals surface area (Å²) in [6.45, 7) is 4.24. The molecule has 0 aliphatic rings. The zero-order valence-electron chi connectivity index (χ0n) is 20.9. The van der Waals surface area contributed by atoms with Crippen molar-refractivity contribution in [1.82, 2.24) is 20.0 Å². The van der Waals surface area contributed by atoms with E-state index in [1.165, 1.54) is 24.3 Å². The molecule has 0 aliphatic carbocycles. The van der Waals surface area contributed by atoms with Crippen LogP contribution in [0.25, 0.3) is 27.5 Å². The van der Waals surface area contributed by atoms with E-state index in [2.05, 4.69) is 50.5 Å². The van der Waals surface area contributed by atoms with Gasteiger partial charge in [-0.25, -0.2) is 4.98 Å². The van der Waals surface area contributed by atoms with E-state index in [1.54, 1.807) is 23.3 Å². The molecule has 5 aromatic rings. The Morgan fingerprint density at radius 2 is 1.82 bits per heavy atom. The van der Waals surface area contributed by atoms with Crippen molar-refractivity contribution in [2.45, 2.75) is 26.1 Å². The highest BCUT2D eigenvalue weighted by atomic mass is 32.1. The van der Waals surface area contributed by atoms with Crippen molar-refractivity contribution < 1.29 is 17.9 Å². The maximum absolute atomic E-state index is 12.5. The normalized spacial score (nSPS) is 11.9. The molecule has 0 amide bonds. The molecule has 0 unspecified atom stereocenters. The molecule has 0 atom stereocenters. The number of hydrazone groups is 1. The van der Waals surface area contributed by atoms with Crippen molar-refractivity contribution in [2.75, 3.05) is 5.32 Å². The number of pyridine rings is 1. The number of aromatic nitrogens is 3. The number of ether oxygens (including phenoxy) is 1. The van der Waals surface area contributed by atoms with Crippen LogP contribution in [-0.2, 0) is 0 Å². The fraction of sp³-hybridized carbons (Fsp3) is 0.143. The van der Waals surface area contributed by atoms with Crippen molar-refractivity contribution in [3.05, 3.63) is 90.5 Å². The van der Waals surface area contributed by atoms with Crippen LogP contribution >= 0.6 is 12.2 Å². The molecule has 2 heterocycles. The first kappa shape index (κ1) is 26.1. The molecule has 7 nitrogen and oxygen atoms in total. The van der Waals surface area contributed by atoms with Crippen LogP contribution in [0.5, 0.6) is 5.75 Å². The molecule has 0 aliphatic heterocycles. The lowest BCUT2D eigenvalue weighted by Crippen LogP contribution is -2.24. The number of benzene rings is 3. The molecule has 0 saturated heterocycles. The summed E-state index contributed by atoms with van der Waals surface area (Å²) < 4.78 is 43.1. The first-order valence-corrected chi connectivity index (χ1v) is 12.4. The minimum atomic E-state index is -4.74. The monoisotopic (exact) mass is 548 g/mol. The molecule has 5 rings (SSSR count). The van der Waals surface area contributed by atoms with E-state index < -0.39 is 6.36 Å². The van der Waals surface area contributed by atoms with E-state index in [1.807, 2.05) is 36.4 Å². The Hall–Kier alpha value is -4.51. The second-order valence-electron chi connectivity index (χ2n) is 8.99.